The molecule has 9 heavy (non-hydrogen) atoms. The highest BCUT2D eigenvalue weighted by Gasteiger charge is 2.09. The average molecular weight is 164 g/mol. The summed E-state index contributed by atoms with van der Waals surface area (Å²) in [6, 6.07) is 0. The average Bonchev–Trinajstić information content (AvgIpc) is 1.63. The molecule has 0 radical (unpaired) electrons. The van der Waals surface area contributed by atoms with E-state index in [0.717, 1.165) is 0 Å². The van der Waals surface area contributed by atoms with Crippen LogP contribution in [-0.2, 0) is 0 Å². The summed E-state index contributed by atoms with van der Waals surface area (Å²) < 4.78 is 0.430. The first-order valence-corrected chi connectivity index (χ1v) is 5.69. The molecule has 0 saturated carbocycles. The van der Waals surface area contributed by atoms with Gasteiger partial charge in [0.1, 0.15) is 0 Å². The van der Waals surface area contributed by atoms with Gasteiger partial charge in [-0.25, -0.2) is 0 Å². The minimum atomic E-state index is 0.430. The lowest BCUT2D eigenvalue weighted by molar-refractivity contribution is 0.810. The molecule has 0 unspecified atom stereocenters. The van der Waals surface area contributed by atoms with Crippen molar-refractivity contribution in [2.75, 3.05) is 5.75 Å². The molecule has 0 aliphatic carbocycles. The number of hydrogen-bond acceptors (Lipinski definition) is 2. The van der Waals surface area contributed by atoms with Crippen molar-refractivity contribution in [1.82, 2.24) is 0 Å². The number of rotatable bonds is 3. The second kappa shape index (κ2) is 4.51. The van der Waals surface area contributed by atoms with Gasteiger partial charge in [-0.05, 0) is 6.42 Å². The second-order valence-corrected chi connectivity index (χ2v) is 6.26. The van der Waals surface area contributed by atoms with Gasteiger partial charge in [-0.2, -0.15) is 0 Å². The van der Waals surface area contributed by atoms with Crippen molar-refractivity contribution in [3.05, 3.63) is 0 Å². The van der Waals surface area contributed by atoms with E-state index in [2.05, 4.69) is 27.7 Å². The maximum absolute atomic E-state index is 2.25. The number of hydrogen-bond donors (Lipinski definition) is 0. The van der Waals surface area contributed by atoms with Gasteiger partial charge < -0.3 is 0 Å². The van der Waals surface area contributed by atoms with Crippen LogP contribution in [0.4, 0.5) is 0 Å². The van der Waals surface area contributed by atoms with Crippen molar-refractivity contribution in [2.45, 2.75) is 38.9 Å². The van der Waals surface area contributed by atoms with E-state index in [1.807, 2.05) is 21.6 Å². The van der Waals surface area contributed by atoms with Crippen molar-refractivity contribution in [2.24, 2.45) is 0 Å². The zero-order valence-corrected chi connectivity index (χ0v) is 8.36. The zero-order chi connectivity index (χ0) is 7.33. The molecule has 0 bridgehead atoms. The van der Waals surface area contributed by atoms with E-state index in [1.165, 1.54) is 12.2 Å². The van der Waals surface area contributed by atoms with Gasteiger partial charge in [0.2, 0.25) is 0 Å². The van der Waals surface area contributed by atoms with E-state index in [1.54, 1.807) is 0 Å². The molecule has 0 nitrogen and oxygen atoms in total. The lowest BCUT2D eigenvalue weighted by atomic mass is 10.3. The molecular weight excluding hydrogens is 148 g/mol. The Balaban J connectivity index is 3.07. The van der Waals surface area contributed by atoms with Crippen molar-refractivity contribution >= 4 is 21.6 Å². The Morgan fingerprint density at radius 1 is 1.22 bits per heavy atom. The fraction of sp³-hybridized carbons (Fsp3) is 1.00. The predicted octanol–water partition coefficient (Wildman–Crippen LogP) is 3.58. The Morgan fingerprint density at radius 2 is 1.78 bits per heavy atom. The summed E-state index contributed by atoms with van der Waals surface area (Å²) in [6.45, 7) is 8.97. The third kappa shape index (κ3) is 8.70. The Bertz CT molecular complexity index is 63.8. The van der Waals surface area contributed by atoms with Crippen molar-refractivity contribution < 1.29 is 0 Å². The Hall–Kier alpha value is 0.700. The second-order valence-electron chi connectivity index (χ2n) is 3.02. The Kier molecular flexibility index (Phi) is 4.86. The molecular formula is C7H16S2. The summed E-state index contributed by atoms with van der Waals surface area (Å²) in [6.07, 6.45) is 1.29. The molecule has 56 valence electrons. The summed E-state index contributed by atoms with van der Waals surface area (Å²) in [5.41, 5.74) is 0. The molecule has 0 atom stereocenters. The minimum Gasteiger partial charge on any atom is -0.0936 e. The Morgan fingerprint density at radius 3 is 2.11 bits per heavy atom. The Labute approximate surface area is 66.6 Å². The predicted molar refractivity (Wildman–Crippen MR) is 50.1 cm³/mol. The van der Waals surface area contributed by atoms with Crippen LogP contribution >= 0.6 is 21.6 Å². The van der Waals surface area contributed by atoms with Gasteiger partial charge >= 0.3 is 0 Å². The fourth-order valence-electron chi connectivity index (χ4n) is 0.302. The summed E-state index contributed by atoms with van der Waals surface area (Å²) in [4.78, 5) is 0. The molecule has 0 aliphatic heterocycles. The van der Waals surface area contributed by atoms with Crippen LogP contribution in [0.2, 0.25) is 0 Å². The van der Waals surface area contributed by atoms with E-state index in [4.69, 9.17) is 0 Å². The van der Waals surface area contributed by atoms with Gasteiger partial charge in [-0.15, -0.1) is 0 Å². The molecule has 0 fully saturated rings. The first-order valence-electron chi connectivity index (χ1n) is 3.37. The van der Waals surface area contributed by atoms with E-state index in [0.29, 0.717) is 4.75 Å². The SMILES string of the molecule is CCCSSC(C)(C)C. The highest BCUT2D eigenvalue weighted by Crippen LogP contribution is 2.34. The molecule has 0 aromatic heterocycles. The van der Waals surface area contributed by atoms with Crippen LogP contribution in [0, 0.1) is 0 Å². The third-order valence-electron chi connectivity index (χ3n) is 0.596. The molecule has 0 spiro atoms. The molecule has 0 rings (SSSR count). The maximum Gasteiger partial charge on any atom is 0.0179 e. The fourth-order valence-corrected chi connectivity index (χ4v) is 2.72. The molecule has 0 heterocycles. The van der Waals surface area contributed by atoms with Crippen molar-refractivity contribution in [3.63, 3.8) is 0 Å². The standard InChI is InChI=1S/C7H16S2/c1-5-6-8-9-7(2,3)4/h5-6H2,1-4H3. The summed E-state index contributed by atoms with van der Waals surface area (Å²) in [7, 11) is 3.95. The molecule has 0 aromatic carbocycles. The molecule has 0 N–H and O–H groups in total. The van der Waals surface area contributed by atoms with Gasteiger partial charge in [-0.3, -0.25) is 0 Å². The normalized spacial score (nSPS) is 12.0. The monoisotopic (exact) mass is 164 g/mol. The van der Waals surface area contributed by atoms with Crippen LogP contribution in [0.5, 0.6) is 0 Å². The van der Waals surface area contributed by atoms with Crippen LogP contribution in [0.25, 0.3) is 0 Å². The van der Waals surface area contributed by atoms with Gasteiger partial charge in [0.15, 0.2) is 0 Å². The maximum atomic E-state index is 2.25. The van der Waals surface area contributed by atoms with Crippen LogP contribution < -0.4 is 0 Å². The van der Waals surface area contributed by atoms with Gasteiger partial charge in [-0.1, -0.05) is 49.3 Å². The molecule has 0 aromatic rings. The molecule has 2 heteroatoms. The van der Waals surface area contributed by atoms with Gasteiger partial charge in [0, 0.05) is 10.5 Å². The van der Waals surface area contributed by atoms with E-state index in [-0.39, 0.29) is 0 Å². The lowest BCUT2D eigenvalue weighted by Gasteiger charge is -2.15. The van der Waals surface area contributed by atoms with Gasteiger partial charge in [0.25, 0.3) is 0 Å². The smallest absolute Gasteiger partial charge is 0.0179 e. The van der Waals surface area contributed by atoms with Crippen LogP contribution in [0.1, 0.15) is 34.1 Å². The zero-order valence-electron chi connectivity index (χ0n) is 6.73. The summed E-state index contributed by atoms with van der Waals surface area (Å²) >= 11 is 0. The summed E-state index contributed by atoms with van der Waals surface area (Å²) in [5.74, 6) is 1.28. The third-order valence-corrected chi connectivity index (χ3v) is 4.14. The highest BCUT2D eigenvalue weighted by molar-refractivity contribution is 8.77. The van der Waals surface area contributed by atoms with Crippen molar-refractivity contribution in [1.29, 1.82) is 0 Å². The van der Waals surface area contributed by atoms with Crippen LogP contribution in [0.3, 0.4) is 0 Å². The lowest BCUT2D eigenvalue weighted by Crippen LogP contribution is -2.04. The minimum absolute atomic E-state index is 0.430. The highest BCUT2D eigenvalue weighted by atomic mass is 33.1. The van der Waals surface area contributed by atoms with Crippen LogP contribution in [0.15, 0.2) is 0 Å². The summed E-state index contributed by atoms with van der Waals surface area (Å²) in [5, 5.41) is 0. The molecule has 0 aliphatic rings. The van der Waals surface area contributed by atoms with Gasteiger partial charge in [0.05, 0.1) is 0 Å². The topological polar surface area (TPSA) is 0 Å². The first kappa shape index (κ1) is 9.70. The first-order chi connectivity index (χ1) is 4.06. The van der Waals surface area contributed by atoms with Crippen molar-refractivity contribution in [3.8, 4) is 0 Å². The van der Waals surface area contributed by atoms with Crippen LogP contribution in [-0.4, -0.2) is 10.5 Å². The van der Waals surface area contributed by atoms with E-state index < -0.39 is 0 Å². The molecule has 0 saturated heterocycles. The van der Waals surface area contributed by atoms with E-state index in [9.17, 15) is 0 Å². The van der Waals surface area contributed by atoms with E-state index >= 15 is 0 Å². The largest absolute Gasteiger partial charge is 0.0936 e. The molecule has 0 amide bonds. The quantitative estimate of drug-likeness (QED) is 0.462.